The van der Waals surface area contributed by atoms with Crippen LogP contribution in [0.1, 0.15) is 31.2 Å². The second-order valence-electron chi connectivity index (χ2n) is 5.10. The van der Waals surface area contributed by atoms with Crippen molar-refractivity contribution in [3.05, 3.63) is 34.9 Å². The molecule has 1 aliphatic heterocycles. The van der Waals surface area contributed by atoms with Gasteiger partial charge in [0.2, 0.25) is 5.91 Å². The zero-order chi connectivity index (χ0) is 13.7. The van der Waals surface area contributed by atoms with E-state index in [1.54, 1.807) is 0 Å². The summed E-state index contributed by atoms with van der Waals surface area (Å²) >= 11 is 5.84. The van der Waals surface area contributed by atoms with E-state index >= 15 is 0 Å². The molecule has 5 heteroatoms. The molecule has 1 aromatic carbocycles. The lowest BCUT2D eigenvalue weighted by Crippen LogP contribution is -2.47. The van der Waals surface area contributed by atoms with Gasteiger partial charge in [-0.25, -0.2) is 0 Å². The first-order valence-corrected chi connectivity index (χ1v) is 7.32. The number of nitrogens with zero attached hydrogens (tertiary/aromatic N) is 1. The van der Waals surface area contributed by atoms with Crippen molar-refractivity contribution in [2.24, 2.45) is 5.73 Å². The Bertz CT molecular complexity index is 422. The lowest BCUT2D eigenvalue weighted by atomic mass is 10.0. The van der Waals surface area contributed by atoms with E-state index in [9.17, 15) is 4.79 Å². The van der Waals surface area contributed by atoms with Gasteiger partial charge in [-0.05, 0) is 43.4 Å². The van der Waals surface area contributed by atoms with E-state index in [1.165, 1.54) is 6.42 Å². The molecule has 1 unspecified atom stereocenters. The van der Waals surface area contributed by atoms with E-state index in [4.69, 9.17) is 17.3 Å². The highest BCUT2D eigenvalue weighted by Crippen LogP contribution is 2.18. The first-order chi connectivity index (χ1) is 9.20. The normalized spacial score (nSPS) is 18.5. The third-order valence-electron chi connectivity index (χ3n) is 3.76. The largest absolute Gasteiger partial charge is 0.338 e. The summed E-state index contributed by atoms with van der Waals surface area (Å²) in [6, 6.07) is 7.93. The molecule has 0 saturated carbocycles. The van der Waals surface area contributed by atoms with Crippen molar-refractivity contribution in [1.82, 2.24) is 4.90 Å². The summed E-state index contributed by atoms with van der Waals surface area (Å²) < 4.78 is 0. The molecule has 1 aliphatic rings. The predicted octanol–water partition coefficient (Wildman–Crippen LogP) is 3.03. The minimum Gasteiger partial charge on any atom is -0.338 e. The fourth-order valence-electron chi connectivity index (χ4n) is 2.62. The van der Waals surface area contributed by atoms with Crippen LogP contribution in [0.2, 0.25) is 5.02 Å². The van der Waals surface area contributed by atoms with Gasteiger partial charge in [-0.1, -0.05) is 23.7 Å². The first kappa shape index (κ1) is 17.3. The lowest BCUT2D eigenvalue weighted by molar-refractivity contribution is -0.134. The van der Waals surface area contributed by atoms with E-state index in [1.807, 2.05) is 29.2 Å². The topological polar surface area (TPSA) is 46.3 Å². The summed E-state index contributed by atoms with van der Waals surface area (Å²) in [7, 11) is 0. The third kappa shape index (κ3) is 4.65. The fourth-order valence-corrected chi connectivity index (χ4v) is 2.75. The number of likely N-dealkylation sites (tertiary alicyclic amines) is 1. The molecule has 0 spiro atoms. The Morgan fingerprint density at radius 1 is 1.30 bits per heavy atom. The number of hydrogen-bond donors (Lipinski definition) is 1. The van der Waals surface area contributed by atoms with Crippen LogP contribution in [0.15, 0.2) is 24.3 Å². The van der Waals surface area contributed by atoms with Gasteiger partial charge >= 0.3 is 0 Å². The number of halogens is 2. The Labute approximate surface area is 131 Å². The molecule has 0 bridgehead atoms. The van der Waals surface area contributed by atoms with Crippen molar-refractivity contribution in [3.63, 3.8) is 0 Å². The molecule has 1 atom stereocenters. The average Bonchev–Trinajstić information content (AvgIpc) is 2.46. The summed E-state index contributed by atoms with van der Waals surface area (Å²) in [5.41, 5.74) is 6.90. The Morgan fingerprint density at radius 2 is 2.00 bits per heavy atom. The molecular weight excluding hydrogens is 295 g/mol. The van der Waals surface area contributed by atoms with Crippen molar-refractivity contribution in [3.8, 4) is 0 Å². The van der Waals surface area contributed by atoms with Crippen LogP contribution in [0.5, 0.6) is 0 Å². The quantitative estimate of drug-likeness (QED) is 0.928. The maximum absolute atomic E-state index is 12.3. The van der Waals surface area contributed by atoms with E-state index in [2.05, 4.69) is 0 Å². The van der Waals surface area contributed by atoms with Crippen LogP contribution in [0.4, 0.5) is 0 Å². The van der Waals surface area contributed by atoms with Crippen molar-refractivity contribution >= 4 is 29.9 Å². The Kier molecular flexibility index (Phi) is 7.35. The molecule has 20 heavy (non-hydrogen) atoms. The summed E-state index contributed by atoms with van der Waals surface area (Å²) in [6.07, 6.45) is 4.65. The van der Waals surface area contributed by atoms with Crippen molar-refractivity contribution < 1.29 is 4.79 Å². The molecule has 1 amide bonds. The number of piperidine rings is 1. The number of nitrogens with two attached hydrogens (primary N) is 1. The van der Waals surface area contributed by atoms with E-state index in [0.717, 1.165) is 36.4 Å². The van der Waals surface area contributed by atoms with Crippen LogP contribution in [-0.4, -0.2) is 29.9 Å². The number of carbonyl (C=O) groups is 1. The summed E-state index contributed by atoms with van der Waals surface area (Å²) in [5, 5.41) is 0.731. The summed E-state index contributed by atoms with van der Waals surface area (Å²) in [4.78, 5) is 14.2. The van der Waals surface area contributed by atoms with Gasteiger partial charge in [0.1, 0.15) is 0 Å². The van der Waals surface area contributed by atoms with Gasteiger partial charge in [0.15, 0.2) is 0 Å². The summed E-state index contributed by atoms with van der Waals surface area (Å²) in [5.74, 6) is 0.227. The average molecular weight is 317 g/mol. The molecular formula is C15H22Cl2N2O. The minimum absolute atomic E-state index is 0. The number of amides is 1. The van der Waals surface area contributed by atoms with Gasteiger partial charge < -0.3 is 10.6 Å². The Hall–Kier alpha value is -0.770. The van der Waals surface area contributed by atoms with Gasteiger partial charge in [-0.2, -0.15) is 0 Å². The zero-order valence-corrected chi connectivity index (χ0v) is 13.1. The SMILES string of the molecule is Cl.NCC1CCCCN1C(=O)CCc1ccc(Cl)cc1. The Morgan fingerprint density at radius 3 is 2.65 bits per heavy atom. The highest BCUT2D eigenvalue weighted by atomic mass is 35.5. The highest BCUT2D eigenvalue weighted by Gasteiger charge is 2.24. The van der Waals surface area contributed by atoms with Crippen LogP contribution in [-0.2, 0) is 11.2 Å². The Balaban J connectivity index is 0.00000200. The predicted molar refractivity (Wildman–Crippen MR) is 85.4 cm³/mol. The smallest absolute Gasteiger partial charge is 0.223 e. The van der Waals surface area contributed by atoms with E-state index in [0.29, 0.717) is 13.0 Å². The second kappa shape index (κ2) is 8.50. The van der Waals surface area contributed by atoms with Crippen molar-refractivity contribution in [1.29, 1.82) is 0 Å². The van der Waals surface area contributed by atoms with Gasteiger partial charge in [-0.3, -0.25) is 4.79 Å². The molecule has 1 fully saturated rings. The van der Waals surface area contributed by atoms with Gasteiger partial charge in [0.25, 0.3) is 0 Å². The van der Waals surface area contributed by atoms with E-state index < -0.39 is 0 Å². The lowest BCUT2D eigenvalue weighted by Gasteiger charge is -2.35. The highest BCUT2D eigenvalue weighted by molar-refractivity contribution is 6.30. The van der Waals surface area contributed by atoms with Gasteiger partial charge in [-0.15, -0.1) is 12.4 Å². The number of carbonyl (C=O) groups excluding carboxylic acids is 1. The molecule has 1 saturated heterocycles. The monoisotopic (exact) mass is 316 g/mol. The molecule has 2 rings (SSSR count). The van der Waals surface area contributed by atoms with Crippen molar-refractivity contribution in [2.75, 3.05) is 13.1 Å². The van der Waals surface area contributed by atoms with Crippen molar-refractivity contribution in [2.45, 2.75) is 38.1 Å². The van der Waals surface area contributed by atoms with Crippen LogP contribution in [0, 0.1) is 0 Å². The zero-order valence-electron chi connectivity index (χ0n) is 11.6. The standard InChI is InChI=1S/C15H21ClN2O.ClH/c16-13-7-4-12(5-8-13)6-9-15(19)18-10-2-1-3-14(18)11-17;/h4-5,7-8,14H,1-3,6,9-11,17H2;1H. The molecule has 3 nitrogen and oxygen atoms in total. The van der Waals surface area contributed by atoms with E-state index in [-0.39, 0.29) is 24.4 Å². The van der Waals surface area contributed by atoms with Crippen LogP contribution >= 0.6 is 24.0 Å². The minimum atomic E-state index is 0. The maximum Gasteiger partial charge on any atom is 0.223 e. The maximum atomic E-state index is 12.3. The molecule has 1 heterocycles. The number of hydrogen-bond acceptors (Lipinski definition) is 2. The molecule has 0 radical (unpaired) electrons. The van der Waals surface area contributed by atoms with Crippen LogP contribution in [0.3, 0.4) is 0 Å². The molecule has 0 aromatic heterocycles. The molecule has 0 aliphatic carbocycles. The molecule has 112 valence electrons. The van der Waals surface area contributed by atoms with Gasteiger partial charge in [0, 0.05) is 30.6 Å². The van der Waals surface area contributed by atoms with Gasteiger partial charge in [0.05, 0.1) is 0 Å². The molecule has 2 N–H and O–H groups in total. The number of aryl methyl sites for hydroxylation is 1. The van der Waals surface area contributed by atoms with Crippen LogP contribution < -0.4 is 5.73 Å². The first-order valence-electron chi connectivity index (χ1n) is 6.94. The van der Waals surface area contributed by atoms with Crippen LogP contribution in [0.25, 0.3) is 0 Å². The molecule has 1 aromatic rings. The number of rotatable bonds is 4. The second-order valence-corrected chi connectivity index (χ2v) is 5.54. The fraction of sp³-hybridized carbons (Fsp3) is 0.533. The summed E-state index contributed by atoms with van der Waals surface area (Å²) in [6.45, 7) is 1.44. The number of benzene rings is 1. The third-order valence-corrected chi connectivity index (χ3v) is 4.01.